The first-order chi connectivity index (χ1) is 13.7. The lowest BCUT2D eigenvalue weighted by molar-refractivity contribution is -0.118. The number of benzene rings is 2. The first-order valence-electron chi connectivity index (χ1n) is 8.58. The van der Waals surface area contributed by atoms with Gasteiger partial charge >= 0.3 is 0 Å². The van der Waals surface area contributed by atoms with Crippen molar-refractivity contribution in [3.8, 4) is 11.4 Å². The van der Waals surface area contributed by atoms with Crippen LogP contribution in [0.4, 0.5) is 11.4 Å². The maximum absolute atomic E-state index is 12.5. The van der Waals surface area contributed by atoms with Crippen LogP contribution in [-0.2, 0) is 9.59 Å². The van der Waals surface area contributed by atoms with E-state index in [1.54, 1.807) is 24.3 Å². The van der Waals surface area contributed by atoms with Gasteiger partial charge in [0, 0.05) is 5.56 Å². The molecule has 0 radical (unpaired) electrons. The molecular formula is C20H16N6O2. The van der Waals surface area contributed by atoms with Crippen LogP contribution in [0.5, 0.6) is 0 Å². The molecule has 0 fully saturated rings. The third-order valence-corrected chi connectivity index (χ3v) is 4.01. The number of para-hydroxylation sites is 1. The summed E-state index contributed by atoms with van der Waals surface area (Å²) in [6, 6.07) is 18.5. The van der Waals surface area contributed by atoms with Crippen LogP contribution >= 0.6 is 0 Å². The molecule has 2 heterocycles. The zero-order valence-electron chi connectivity index (χ0n) is 14.7. The van der Waals surface area contributed by atoms with Crippen molar-refractivity contribution in [2.45, 2.75) is 0 Å². The normalized spacial score (nSPS) is 13.5. The van der Waals surface area contributed by atoms with Crippen molar-refractivity contribution < 1.29 is 9.59 Å². The Kier molecular flexibility index (Phi) is 4.75. The molecule has 1 aliphatic rings. The van der Waals surface area contributed by atoms with E-state index in [1.807, 2.05) is 36.4 Å². The maximum Gasteiger partial charge on any atom is 0.292 e. The molecule has 4 rings (SSSR count). The Morgan fingerprint density at radius 1 is 0.964 bits per heavy atom. The highest BCUT2D eigenvalue weighted by molar-refractivity contribution is 6.43. The van der Waals surface area contributed by atoms with E-state index < -0.39 is 5.91 Å². The van der Waals surface area contributed by atoms with Crippen LogP contribution < -0.4 is 15.8 Å². The summed E-state index contributed by atoms with van der Waals surface area (Å²) in [5.74, 6) is -0.133. The van der Waals surface area contributed by atoms with Gasteiger partial charge in [-0.25, -0.2) is 15.0 Å². The number of carbonyl (C=O) groups is 2. The fraction of sp³-hybridized carbons (Fsp3) is 0.0500. The van der Waals surface area contributed by atoms with Gasteiger partial charge in [0.2, 0.25) is 5.84 Å². The van der Waals surface area contributed by atoms with Crippen molar-refractivity contribution in [3.63, 3.8) is 0 Å². The van der Waals surface area contributed by atoms with E-state index in [0.717, 1.165) is 5.56 Å². The number of hydrogen-bond acceptors (Lipinski definition) is 6. The predicted molar refractivity (Wildman–Crippen MR) is 105 cm³/mol. The molecule has 2 aromatic carbocycles. The van der Waals surface area contributed by atoms with Crippen molar-refractivity contribution in [1.29, 1.82) is 0 Å². The van der Waals surface area contributed by atoms with Crippen molar-refractivity contribution in [2.24, 2.45) is 4.99 Å². The fourth-order valence-corrected chi connectivity index (χ4v) is 2.65. The Hall–Kier alpha value is -4.07. The molecule has 0 saturated heterocycles. The van der Waals surface area contributed by atoms with Crippen LogP contribution in [0, 0.1) is 0 Å². The number of hydrogen-bond donors (Lipinski definition) is 2. The molecule has 0 bridgehead atoms. The van der Waals surface area contributed by atoms with E-state index in [2.05, 4.69) is 25.7 Å². The Balaban J connectivity index is 1.45. The number of hydrazine groups is 1. The lowest BCUT2D eigenvalue weighted by Gasteiger charge is -2.27. The molecule has 138 valence electrons. The van der Waals surface area contributed by atoms with Crippen LogP contribution in [-0.4, -0.2) is 34.2 Å². The summed E-state index contributed by atoms with van der Waals surface area (Å²) < 4.78 is 0. The summed E-state index contributed by atoms with van der Waals surface area (Å²) in [5, 5.41) is 3.98. The number of aromatic nitrogens is 2. The van der Waals surface area contributed by atoms with Gasteiger partial charge in [-0.3, -0.25) is 20.0 Å². The first kappa shape index (κ1) is 17.3. The molecule has 28 heavy (non-hydrogen) atoms. The molecule has 2 N–H and O–H groups in total. The third kappa shape index (κ3) is 3.70. The van der Waals surface area contributed by atoms with Crippen molar-refractivity contribution >= 4 is 29.0 Å². The van der Waals surface area contributed by atoms with Gasteiger partial charge < -0.3 is 5.32 Å². The van der Waals surface area contributed by atoms with Crippen molar-refractivity contribution in [2.75, 3.05) is 16.9 Å². The minimum atomic E-state index is -0.482. The maximum atomic E-state index is 12.5. The highest BCUT2D eigenvalue weighted by Gasteiger charge is 2.25. The zero-order chi connectivity index (χ0) is 19.3. The Bertz CT molecular complexity index is 1020. The van der Waals surface area contributed by atoms with E-state index in [4.69, 9.17) is 0 Å². The van der Waals surface area contributed by atoms with Crippen LogP contribution in [0.1, 0.15) is 0 Å². The topological polar surface area (TPSA) is 99.6 Å². The van der Waals surface area contributed by atoms with E-state index >= 15 is 0 Å². The highest BCUT2D eigenvalue weighted by Crippen LogP contribution is 2.16. The van der Waals surface area contributed by atoms with Gasteiger partial charge in [-0.2, -0.15) is 0 Å². The van der Waals surface area contributed by atoms with E-state index in [0.29, 0.717) is 17.2 Å². The van der Waals surface area contributed by atoms with Gasteiger partial charge in [0.05, 0.1) is 23.8 Å². The fourth-order valence-electron chi connectivity index (χ4n) is 2.65. The number of carbonyl (C=O) groups excluding carboxylic acids is 2. The summed E-state index contributed by atoms with van der Waals surface area (Å²) in [5.41, 5.74) is 4.70. The molecule has 1 aliphatic heterocycles. The lowest BCUT2D eigenvalue weighted by atomic mass is 10.2. The van der Waals surface area contributed by atoms with Crippen LogP contribution in [0.2, 0.25) is 0 Å². The van der Waals surface area contributed by atoms with Gasteiger partial charge in [-0.1, -0.05) is 48.5 Å². The quantitative estimate of drug-likeness (QED) is 0.730. The Labute approximate surface area is 160 Å². The second kappa shape index (κ2) is 7.67. The molecule has 8 heteroatoms. The van der Waals surface area contributed by atoms with Crippen LogP contribution in [0.3, 0.4) is 0 Å². The number of nitrogens with zero attached hydrogens (tertiary/aromatic N) is 4. The summed E-state index contributed by atoms with van der Waals surface area (Å²) in [6.45, 7) is -0.117. The standard InChI is InChI=1S/C20H16N6O2/c27-17-13-23-19(25-26(17)16-9-5-2-6-10-16)20(28)24-15-11-21-18(22-12-15)14-7-3-1-4-8-14/h1-12H,13H2,(H,23,25)(H,24,28). The number of rotatable bonds is 4. The molecule has 0 saturated carbocycles. The highest BCUT2D eigenvalue weighted by atomic mass is 16.2. The molecular weight excluding hydrogens is 356 g/mol. The van der Waals surface area contributed by atoms with Crippen LogP contribution in [0.15, 0.2) is 78.0 Å². The largest absolute Gasteiger partial charge is 0.317 e. The van der Waals surface area contributed by atoms with Gasteiger partial charge in [0.15, 0.2) is 5.82 Å². The number of nitrogens with one attached hydrogen (secondary N) is 2. The van der Waals surface area contributed by atoms with E-state index in [9.17, 15) is 9.59 Å². The molecule has 0 unspecified atom stereocenters. The number of amides is 2. The monoisotopic (exact) mass is 372 g/mol. The third-order valence-electron chi connectivity index (χ3n) is 4.01. The molecule has 3 aromatic rings. The zero-order valence-corrected chi connectivity index (χ0v) is 14.7. The van der Waals surface area contributed by atoms with Gasteiger partial charge in [0.1, 0.15) is 6.54 Å². The Morgan fingerprint density at radius 2 is 1.61 bits per heavy atom. The smallest absolute Gasteiger partial charge is 0.292 e. The predicted octanol–water partition coefficient (Wildman–Crippen LogP) is 2.03. The number of anilines is 2. The SMILES string of the molecule is O=C(Nc1cnc(-c2ccccc2)nc1)C1=NCC(=O)N(c2ccccc2)N1. The summed E-state index contributed by atoms with van der Waals surface area (Å²) in [7, 11) is 0. The van der Waals surface area contributed by atoms with Gasteiger partial charge in [0.25, 0.3) is 11.8 Å². The lowest BCUT2D eigenvalue weighted by Crippen LogP contribution is -2.54. The molecule has 0 spiro atoms. The summed E-state index contributed by atoms with van der Waals surface area (Å²) in [6.07, 6.45) is 3.05. The van der Waals surface area contributed by atoms with Crippen LogP contribution in [0.25, 0.3) is 11.4 Å². The second-order valence-corrected chi connectivity index (χ2v) is 5.96. The molecule has 0 atom stereocenters. The summed E-state index contributed by atoms with van der Waals surface area (Å²) >= 11 is 0. The average molecular weight is 372 g/mol. The molecule has 1 aromatic heterocycles. The minimum absolute atomic E-state index is 0.0376. The van der Waals surface area contributed by atoms with E-state index in [-0.39, 0.29) is 18.3 Å². The average Bonchev–Trinajstić information content (AvgIpc) is 2.76. The van der Waals surface area contributed by atoms with Crippen molar-refractivity contribution in [3.05, 3.63) is 73.1 Å². The second-order valence-electron chi connectivity index (χ2n) is 5.96. The Morgan fingerprint density at radius 3 is 2.29 bits per heavy atom. The van der Waals surface area contributed by atoms with Crippen molar-refractivity contribution in [1.82, 2.24) is 15.4 Å². The molecule has 2 amide bonds. The van der Waals surface area contributed by atoms with E-state index in [1.165, 1.54) is 17.4 Å². The van der Waals surface area contributed by atoms with Gasteiger partial charge in [-0.05, 0) is 12.1 Å². The van der Waals surface area contributed by atoms with Gasteiger partial charge in [-0.15, -0.1) is 0 Å². The molecule has 0 aliphatic carbocycles. The number of amidine groups is 1. The first-order valence-corrected chi connectivity index (χ1v) is 8.58. The molecule has 8 nitrogen and oxygen atoms in total. The summed E-state index contributed by atoms with van der Waals surface area (Å²) in [4.78, 5) is 37.2. The minimum Gasteiger partial charge on any atom is -0.317 e. The number of aliphatic imine (C=N–C) groups is 1.